The van der Waals surface area contributed by atoms with Crippen molar-refractivity contribution in [3.63, 3.8) is 0 Å². The Labute approximate surface area is 149 Å². The van der Waals surface area contributed by atoms with Crippen LogP contribution < -0.4 is 5.32 Å². The molecule has 0 atom stereocenters. The summed E-state index contributed by atoms with van der Waals surface area (Å²) in [5.41, 5.74) is 4.65. The van der Waals surface area contributed by atoms with Gasteiger partial charge < -0.3 is 9.88 Å². The lowest BCUT2D eigenvalue weighted by atomic mass is 10.1. The molecule has 0 saturated heterocycles. The van der Waals surface area contributed by atoms with E-state index < -0.39 is 0 Å². The fourth-order valence-corrected chi connectivity index (χ4v) is 3.38. The zero-order valence-electron chi connectivity index (χ0n) is 14.0. The zero-order valence-corrected chi connectivity index (χ0v) is 14.7. The Hall–Kier alpha value is -2.79. The molecule has 4 aromatic rings. The Bertz CT molecular complexity index is 1100. The Morgan fingerprint density at radius 1 is 1.16 bits per heavy atom. The lowest BCUT2D eigenvalue weighted by Gasteiger charge is -2.05. The van der Waals surface area contributed by atoms with Gasteiger partial charge in [0.25, 0.3) is 0 Å². The minimum atomic E-state index is -0.0510. The molecule has 0 spiro atoms. The number of imidazole rings is 2. The van der Waals surface area contributed by atoms with E-state index in [1.807, 2.05) is 64.5 Å². The van der Waals surface area contributed by atoms with Crippen molar-refractivity contribution in [2.24, 2.45) is 7.05 Å². The standard InChI is InChI=1S/C19H17ClN4O/c1-21-17(25)11-16-18(12-6-4-3-5-7-12)22-19-23(2)15-10-13(20)8-9-14(15)24(16)19/h3-10H,11H2,1-2H3,(H,21,25). The van der Waals surface area contributed by atoms with Gasteiger partial charge in [-0.25, -0.2) is 4.98 Å². The second-order valence-electron chi connectivity index (χ2n) is 5.95. The highest BCUT2D eigenvalue weighted by Gasteiger charge is 2.21. The summed E-state index contributed by atoms with van der Waals surface area (Å²) in [4.78, 5) is 17.0. The van der Waals surface area contributed by atoms with E-state index in [1.54, 1.807) is 7.05 Å². The van der Waals surface area contributed by atoms with Crippen molar-refractivity contribution >= 4 is 34.3 Å². The monoisotopic (exact) mass is 352 g/mol. The van der Waals surface area contributed by atoms with Crippen molar-refractivity contribution in [2.45, 2.75) is 6.42 Å². The van der Waals surface area contributed by atoms with E-state index >= 15 is 0 Å². The van der Waals surface area contributed by atoms with Gasteiger partial charge in [0.1, 0.15) is 0 Å². The highest BCUT2D eigenvalue weighted by molar-refractivity contribution is 6.31. The molecule has 0 radical (unpaired) electrons. The van der Waals surface area contributed by atoms with Crippen molar-refractivity contribution in [2.75, 3.05) is 7.05 Å². The number of amides is 1. The number of carbonyl (C=O) groups excluding carboxylic acids is 1. The molecule has 1 N–H and O–H groups in total. The summed E-state index contributed by atoms with van der Waals surface area (Å²) < 4.78 is 4.05. The Morgan fingerprint density at radius 2 is 1.92 bits per heavy atom. The first-order valence-corrected chi connectivity index (χ1v) is 8.39. The largest absolute Gasteiger partial charge is 0.359 e. The van der Waals surface area contributed by atoms with Crippen LogP contribution in [0.1, 0.15) is 5.69 Å². The van der Waals surface area contributed by atoms with Gasteiger partial charge in [0.15, 0.2) is 0 Å². The summed E-state index contributed by atoms with van der Waals surface area (Å²) in [6.07, 6.45) is 0.254. The van der Waals surface area contributed by atoms with Crippen molar-refractivity contribution in [3.8, 4) is 11.3 Å². The van der Waals surface area contributed by atoms with Crippen LogP contribution in [-0.2, 0) is 18.3 Å². The van der Waals surface area contributed by atoms with Crippen molar-refractivity contribution in [1.82, 2.24) is 19.3 Å². The third kappa shape index (κ3) is 2.48. The third-order valence-corrected chi connectivity index (χ3v) is 4.68. The molecular formula is C19H17ClN4O. The zero-order chi connectivity index (χ0) is 17.6. The predicted molar refractivity (Wildman–Crippen MR) is 99.9 cm³/mol. The molecule has 0 unspecified atom stereocenters. The first-order chi connectivity index (χ1) is 12.1. The average Bonchev–Trinajstić information content (AvgIpc) is 3.12. The molecule has 0 fully saturated rings. The van der Waals surface area contributed by atoms with Crippen LogP contribution in [0.5, 0.6) is 0 Å². The minimum Gasteiger partial charge on any atom is -0.359 e. The van der Waals surface area contributed by atoms with Gasteiger partial charge in [0.2, 0.25) is 11.7 Å². The van der Waals surface area contributed by atoms with Crippen LogP contribution in [0.15, 0.2) is 48.5 Å². The number of likely N-dealkylation sites (N-methyl/N-ethyl adjacent to an activating group) is 1. The smallest absolute Gasteiger partial charge is 0.225 e. The Kier molecular flexibility index (Phi) is 3.73. The number of fused-ring (bicyclic) bond motifs is 3. The number of nitrogens with one attached hydrogen (secondary N) is 1. The van der Waals surface area contributed by atoms with Crippen molar-refractivity contribution in [3.05, 3.63) is 59.2 Å². The molecule has 5 nitrogen and oxygen atoms in total. The van der Waals surface area contributed by atoms with Crippen LogP contribution >= 0.6 is 11.6 Å². The molecule has 1 amide bonds. The molecule has 0 aliphatic heterocycles. The lowest BCUT2D eigenvalue weighted by molar-refractivity contribution is -0.120. The molecule has 2 aromatic carbocycles. The van der Waals surface area contributed by atoms with Crippen molar-refractivity contribution < 1.29 is 4.79 Å². The molecule has 6 heteroatoms. The lowest BCUT2D eigenvalue weighted by Crippen LogP contribution is -2.21. The Morgan fingerprint density at radius 3 is 2.64 bits per heavy atom. The van der Waals surface area contributed by atoms with Crippen LogP contribution in [0.2, 0.25) is 5.02 Å². The normalized spacial score (nSPS) is 11.3. The summed E-state index contributed by atoms with van der Waals surface area (Å²) in [6.45, 7) is 0. The summed E-state index contributed by atoms with van der Waals surface area (Å²) in [5, 5.41) is 3.38. The van der Waals surface area contributed by atoms with Gasteiger partial charge in [-0.15, -0.1) is 0 Å². The number of rotatable bonds is 3. The molecule has 0 saturated carbocycles. The molecule has 0 bridgehead atoms. The second-order valence-corrected chi connectivity index (χ2v) is 6.39. The molecule has 2 heterocycles. The van der Waals surface area contributed by atoms with Gasteiger partial charge in [-0.2, -0.15) is 0 Å². The van der Waals surface area contributed by atoms with E-state index in [0.29, 0.717) is 5.02 Å². The molecule has 4 rings (SSSR count). The SMILES string of the molecule is CNC(=O)Cc1c(-c2ccccc2)nc2n(C)c3cc(Cl)ccc3n12. The van der Waals surface area contributed by atoms with E-state index in [0.717, 1.165) is 33.8 Å². The average molecular weight is 353 g/mol. The predicted octanol–water partition coefficient (Wildman–Crippen LogP) is 3.43. The van der Waals surface area contributed by atoms with E-state index in [-0.39, 0.29) is 12.3 Å². The summed E-state index contributed by atoms with van der Waals surface area (Å²) >= 11 is 6.15. The number of halogens is 1. The van der Waals surface area contributed by atoms with Crippen LogP contribution in [0.3, 0.4) is 0 Å². The minimum absolute atomic E-state index is 0.0510. The fourth-order valence-electron chi connectivity index (χ4n) is 3.21. The summed E-state index contributed by atoms with van der Waals surface area (Å²) in [6, 6.07) is 15.7. The maximum atomic E-state index is 12.1. The van der Waals surface area contributed by atoms with Crippen molar-refractivity contribution in [1.29, 1.82) is 0 Å². The summed E-state index contributed by atoms with van der Waals surface area (Å²) in [7, 11) is 3.60. The molecule has 0 aliphatic carbocycles. The van der Waals surface area contributed by atoms with Gasteiger partial charge in [-0.05, 0) is 18.2 Å². The van der Waals surface area contributed by atoms with Crippen LogP contribution in [0, 0.1) is 0 Å². The van der Waals surface area contributed by atoms with Crippen LogP contribution in [0.25, 0.3) is 28.1 Å². The number of hydrogen-bond donors (Lipinski definition) is 1. The maximum absolute atomic E-state index is 12.1. The maximum Gasteiger partial charge on any atom is 0.225 e. The quantitative estimate of drug-likeness (QED) is 0.614. The van der Waals surface area contributed by atoms with Gasteiger partial charge in [-0.1, -0.05) is 41.9 Å². The highest BCUT2D eigenvalue weighted by Crippen LogP contribution is 2.30. The van der Waals surface area contributed by atoms with Gasteiger partial charge in [0.05, 0.1) is 28.8 Å². The van der Waals surface area contributed by atoms with E-state index in [1.165, 1.54) is 0 Å². The molecular weight excluding hydrogens is 336 g/mol. The first-order valence-electron chi connectivity index (χ1n) is 8.01. The number of aryl methyl sites for hydroxylation is 1. The van der Waals surface area contributed by atoms with E-state index in [4.69, 9.17) is 16.6 Å². The van der Waals surface area contributed by atoms with Crippen LogP contribution in [-0.4, -0.2) is 26.9 Å². The molecule has 25 heavy (non-hydrogen) atoms. The van der Waals surface area contributed by atoms with Gasteiger partial charge in [-0.3, -0.25) is 9.20 Å². The first kappa shape index (κ1) is 15.7. The van der Waals surface area contributed by atoms with Gasteiger partial charge in [0, 0.05) is 24.7 Å². The highest BCUT2D eigenvalue weighted by atomic mass is 35.5. The number of benzene rings is 2. The third-order valence-electron chi connectivity index (χ3n) is 4.45. The molecule has 126 valence electrons. The number of aromatic nitrogens is 3. The number of nitrogens with zero attached hydrogens (tertiary/aromatic N) is 3. The second kappa shape index (κ2) is 5.93. The van der Waals surface area contributed by atoms with Gasteiger partial charge >= 0.3 is 0 Å². The Balaban J connectivity index is 2.07. The molecule has 0 aliphatic rings. The van der Waals surface area contributed by atoms with E-state index in [9.17, 15) is 4.79 Å². The topological polar surface area (TPSA) is 51.3 Å². The number of hydrogen-bond acceptors (Lipinski definition) is 2. The van der Waals surface area contributed by atoms with E-state index in [2.05, 4.69) is 5.32 Å². The summed E-state index contributed by atoms with van der Waals surface area (Å²) in [5.74, 6) is 0.736. The fraction of sp³-hybridized carbons (Fsp3) is 0.158. The number of carbonyl (C=O) groups is 1. The molecule has 2 aromatic heterocycles. The van der Waals surface area contributed by atoms with Crippen LogP contribution in [0.4, 0.5) is 0 Å².